The van der Waals surface area contributed by atoms with Gasteiger partial charge in [-0.05, 0) is 43.2 Å². The van der Waals surface area contributed by atoms with E-state index in [1.54, 1.807) is 31.6 Å². The molecular formula is C26H27NO5. The van der Waals surface area contributed by atoms with Crippen LogP contribution in [0.2, 0.25) is 0 Å². The lowest BCUT2D eigenvalue weighted by atomic mass is 9.82. The lowest BCUT2D eigenvalue weighted by Crippen LogP contribution is -2.52. The minimum absolute atomic E-state index is 0.0757. The van der Waals surface area contributed by atoms with Gasteiger partial charge >= 0.3 is 0 Å². The van der Waals surface area contributed by atoms with E-state index in [2.05, 4.69) is 6.07 Å². The fourth-order valence-corrected chi connectivity index (χ4v) is 5.08. The number of carbonyl (C=O) groups excluding carboxylic acids is 2. The molecule has 3 heterocycles. The van der Waals surface area contributed by atoms with Crippen LogP contribution in [-0.4, -0.2) is 42.4 Å². The van der Waals surface area contributed by atoms with E-state index < -0.39 is 5.60 Å². The summed E-state index contributed by atoms with van der Waals surface area (Å²) in [5.74, 6) is 1.41. The molecule has 0 bridgehead atoms. The van der Waals surface area contributed by atoms with E-state index in [0.29, 0.717) is 55.8 Å². The number of Topliss-reactive ketones (excluding diaryl/α,β-unsaturated/α-hetero) is 1. The molecule has 0 aliphatic carbocycles. The van der Waals surface area contributed by atoms with E-state index in [1.807, 2.05) is 24.8 Å². The van der Waals surface area contributed by atoms with Crippen LogP contribution in [-0.2, 0) is 11.2 Å². The molecule has 3 aromatic rings. The fraction of sp³-hybridized carbons (Fsp3) is 0.385. The van der Waals surface area contributed by atoms with Gasteiger partial charge in [0.2, 0.25) is 5.91 Å². The van der Waals surface area contributed by atoms with Crippen LogP contribution in [0.3, 0.4) is 0 Å². The molecule has 32 heavy (non-hydrogen) atoms. The summed E-state index contributed by atoms with van der Waals surface area (Å²) < 4.78 is 17.3. The van der Waals surface area contributed by atoms with Crippen molar-refractivity contribution in [2.24, 2.45) is 0 Å². The summed E-state index contributed by atoms with van der Waals surface area (Å²) in [7, 11) is 1.60. The van der Waals surface area contributed by atoms with Crippen molar-refractivity contribution in [1.82, 2.24) is 4.90 Å². The predicted octanol–water partition coefficient (Wildman–Crippen LogP) is 4.63. The van der Waals surface area contributed by atoms with Crippen LogP contribution >= 0.6 is 0 Å². The molecule has 1 aromatic heterocycles. The predicted molar refractivity (Wildman–Crippen MR) is 121 cm³/mol. The van der Waals surface area contributed by atoms with Gasteiger partial charge in [-0.15, -0.1) is 0 Å². The van der Waals surface area contributed by atoms with Crippen molar-refractivity contribution in [3.8, 4) is 11.5 Å². The second-order valence-electron chi connectivity index (χ2n) is 9.02. The third-order valence-corrected chi connectivity index (χ3v) is 6.76. The summed E-state index contributed by atoms with van der Waals surface area (Å²) in [6.45, 7) is 5.22. The first-order valence-corrected chi connectivity index (χ1v) is 11.0. The van der Waals surface area contributed by atoms with Crippen molar-refractivity contribution in [2.45, 2.75) is 45.1 Å². The maximum Gasteiger partial charge on any atom is 0.227 e. The van der Waals surface area contributed by atoms with Crippen LogP contribution in [0.1, 0.15) is 46.3 Å². The minimum Gasteiger partial charge on any atom is -0.497 e. The Kier molecular flexibility index (Phi) is 4.96. The number of carbonyl (C=O) groups is 2. The molecule has 6 nitrogen and oxygen atoms in total. The molecule has 1 spiro atoms. The second-order valence-corrected chi connectivity index (χ2v) is 9.02. The topological polar surface area (TPSA) is 69.0 Å². The van der Waals surface area contributed by atoms with E-state index in [-0.39, 0.29) is 11.7 Å². The number of furan rings is 1. The van der Waals surface area contributed by atoms with Crippen LogP contribution in [0, 0.1) is 13.8 Å². The molecule has 1 amide bonds. The molecule has 0 N–H and O–H groups in total. The average Bonchev–Trinajstić information content (AvgIpc) is 3.16. The van der Waals surface area contributed by atoms with Crippen LogP contribution in [0.25, 0.3) is 11.0 Å². The summed E-state index contributed by atoms with van der Waals surface area (Å²) in [5, 5.41) is 1.03. The normalized spacial score (nSPS) is 17.3. The van der Waals surface area contributed by atoms with Gasteiger partial charge < -0.3 is 18.8 Å². The van der Waals surface area contributed by atoms with Gasteiger partial charge in [-0.1, -0.05) is 6.07 Å². The lowest BCUT2D eigenvalue weighted by molar-refractivity contribution is -0.134. The van der Waals surface area contributed by atoms with Gasteiger partial charge in [0.25, 0.3) is 0 Å². The number of ketones is 1. The van der Waals surface area contributed by atoms with Gasteiger partial charge in [0.05, 0.1) is 31.8 Å². The number of aryl methyl sites for hydroxylation is 2. The molecular weight excluding hydrogens is 406 g/mol. The molecule has 5 rings (SSSR count). The van der Waals surface area contributed by atoms with E-state index >= 15 is 0 Å². The Morgan fingerprint density at radius 1 is 1.16 bits per heavy atom. The van der Waals surface area contributed by atoms with Crippen molar-refractivity contribution in [1.29, 1.82) is 0 Å². The molecule has 166 valence electrons. The highest BCUT2D eigenvalue weighted by Gasteiger charge is 2.43. The first kappa shape index (κ1) is 20.6. The number of benzene rings is 2. The summed E-state index contributed by atoms with van der Waals surface area (Å²) in [4.78, 5) is 27.7. The Hall–Kier alpha value is -3.28. The SMILES string of the molecule is COc1ccc2c(c1)OC1(CCN(C(=O)Cc3coc4cc(C)cc(C)c34)CC1)CC2=O. The Morgan fingerprint density at radius 3 is 2.69 bits per heavy atom. The van der Waals surface area contributed by atoms with Gasteiger partial charge in [-0.25, -0.2) is 0 Å². The van der Waals surface area contributed by atoms with Crippen LogP contribution < -0.4 is 9.47 Å². The number of hydrogen-bond donors (Lipinski definition) is 0. The molecule has 2 aliphatic heterocycles. The van der Waals surface area contributed by atoms with E-state index in [4.69, 9.17) is 13.9 Å². The van der Waals surface area contributed by atoms with E-state index in [9.17, 15) is 9.59 Å². The number of fused-ring (bicyclic) bond motifs is 2. The Bertz CT molecular complexity index is 1220. The van der Waals surface area contributed by atoms with Crippen molar-refractivity contribution in [2.75, 3.05) is 20.2 Å². The Labute approximate surface area is 187 Å². The van der Waals surface area contributed by atoms with Gasteiger partial charge in [-0.2, -0.15) is 0 Å². The average molecular weight is 434 g/mol. The van der Waals surface area contributed by atoms with Crippen molar-refractivity contribution < 1.29 is 23.5 Å². The third-order valence-electron chi connectivity index (χ3n) is 6.76. The summed E-state index contributed by atoms with van der Waals surface area (Å²) in [6.07, 6.45) is 3.62. The Balaban J connectivity index is 1.29. The molecule has 2 aromatic carbocycles. The smallest absolute Gasteiger partial charge is 0.227 e. The molecule has 1 fully saturated rings. The fourth-order valence-electron chi connectivity index (χ4n) is 5.08. The standard InChI is InChI=1S/C26H27NO5/c1-16-10-17(2)25-18(15-31-23(25)11-16)12-24(29)27-8-6-26(7-9-27)14-21(28)20-5-4-19(30-3)13-22(20)32-26/h4-5,10-11,13,15H,6-9,12,14H2,1-3H3. The first-order chi connectivity index (χ1) is 15.4. The highest BCUT2D eigenvalue weighted by atomic mass is 16.5. The molecule has 0 saturated carbocycles. The van der Waals surface area contributed by atoms with E-state index in [1.165, 1.54) is 0 Å². The van der Waals surface area contributed by atoms with Crippen molar-refractivity contribution in [3.63, 3.8) is 0 Å². The highest BCUT2D eigenvalue weighted by Crippen LogP contribution is 2.41. The molecule has 2 aliphatic rings. The van der Waals surface area contributed by atoms with Crippen LogP contribution in [0.5, 0.6) is 11.5 Å². The van der Waals surface area contributed by atoms with Gasteiger partial charge in [0.15, 0.2) is 5.78 Å². The molecule has 0 atom stereocenters. The monoisotopic (exact) mass is 433 g/mol. The summed E-state index contributed by atoms with van der Waals surface area (Å²) in [5.41, 5.74) is 4.07. The highest BCUT2D eigenvalue weighted by molar-refractivity contribution is 6.00. The van der Waals surface area contributed by atoms with Crippen LogP contribution in [0.15, 0.2) is 41.0 Å². The quantitative estimate of drug-likeness (QED) is 0.603. The minimum atomic E-state index is -0.552. The van der Waals surface area contributed by atoms with Gasteiger partial charge in [0, 0.05) is 42.9 Å². The maximum absolute atomic E-state index is 13.1. The molecule has 1 saturated heterocycles. The number of piperidine rings is 1. The third kappa shape index (κ3) is 3.53. The number of likely N-dealkylation sites (tertiary alicyclic amines) is 1. The van der Waals surface area contributed by atoms with E-state index in [0.717, 1.165) is 27.7 Å². The summed E-state index contributed by atoms with van der Waals surface area (Å²) in [6, 6.07) is 9.44. The van der Waals surface area contributed by atoms with Gasteiger partial charge in [0.1, 0.15) is 22.7 Å². The summed E-state index contributed by atoms with van der Waals surface area (Å²) >= 11 is 0. The Morgan fingerprint density at radius 2 is 1.94 bits per heavy atom. The second kappa shape index (κ2) is 7.69. The zero-order chi connectivity index (χ0) is 22.5. The number of methoxy groups -OCH3 is 1. The van der Waals surface area contributed by atoms with Crippen molar-refractivity contribution >= 4 is 22.7 Å². The zero-order valence-electron chi connectivity index (χ0n) is 18.7. The number of amides is 1. The maximum atomic E-state index is 13.1. The van der Waals surface area contributed by atoms with Gasteiger partial charge in [-0.3, -0.25) is 9.59 Å². The number of rotatable bonds is 3. The molecule has 6 heteroatoms. The number of nitrogens with zero attached hydrogens (tertiary/aromatic N) is 1. The largest absolute Gasteiger partial charge is 0.497 e. The van der Waals surface area contributed by atoms with Crippen LogP contribution in [0.4, 0.5) is 0 Å². The number of hydrogen-bond acceptors (Lipinski definition) is 5. The molecule has 0 unspecified atom stereocenters. The molecule has 0 radical (unpaired) electrons. The zero-order valence-corrected chi connectivity index (χ0v) is 18.7. The number of ether oxygens (including phenoxy) is 2. The van der Waals surface area contributed by atoms with Crippen molar-refractivity contribution in [3.05, 3.63) is 58.8 Å². The lowest BCUT2D eigenvalue weighted by Gasteiger charge is -2.44. The first-order valence-electron chi connectivity index (χ1n) is 11.0.